The van der Waals surface area contributed by atoms with Crippen LogP contribution in [0, 0.1) is 0 Å². The van der Waals surface area contributed by atoms with Crippen molar-refractivity contribution < 1.29 is 14.3 Å². The first-order chi connectivity index (χ1) is 14.7. The fourth-order valence-electron chi connectivity index (χ4n) is 3.19. The Morgan fingerprint density at radius 2 is 1.90 bits per heavy atom. The van der Waals surface area contributed by atoms with E-state index in [1.165, 1.54) is 16.7 Å². The van der Waals surface area contributed by atoms with Crippen molar-refractivity contribution in [2.24, 2.45) is 0 Å². The molecule has 0 radical (unpaired) electrons. The van der Waals surface area contributed by atoms with E-state index in [2.05, 4.69) is 10.3 Å². The summed E-state index contributed by atoms with van der Waals surface area (Å²) in [5.74, 6) is 0.334. The summed E-state index contributed by atoms with van der Waals surface area (Å²) >= 11 is 1.44. The fraction of sp³-hybridized carbons (Fsp3) is 0.174. The summed E-state index contributed by atoms with van der Waals surface area (Å²) in [5.41, 5.74) is 2.17. The Kier molecular flexibility index (Phi) is 5.99. The number of carbonyl (C=O) groups is 2. The lowest BCUT2D eigenvalue weighted by Gasteiger charge is -2.22. The summed E-state index contributed by atoms with van der Waals surface area (Å²) < 4.78 is 5.43. The van der Waals surface area contributed by atoms with Gasteiger partial charge in [-0.25, -0.2) is 4.98 Å². The number of nitrogens with one attached hydrogen (secondary N) is 1. The molecule has 0 spiro atoms. The van der Waals surface area contributed by atoms with E-state index in [0.29, 0.717) is 29.4 Å². The molecule has 3 aromatic rings. The number of pyridine rings is 1. The highest BCUT2D eigenvalue weighted by Crippen LogP contribution is 2.39. The van der Waals surface area contributed by atoms with Crippen molar-refractivity contribution in [1.82, 2.24) is 10.3 Å². The number of fused-ring (bicyclic) bond motifs is 2. The Morgan fingerprint density at radius 3 is 2.70 bits per heavy atom. The summed E-state index contributed by atoms with van der Waals surface area (Å²) in [6.07, 6.45) is 1.67. The molecule has 4 rings (SSSR count). The van der Waals surface area contributed by atoms with E-state index in [9.17, 15) is 9.59 Å². The number of anilines is 1. The average molecular weight is 420 g/mol. The van der Waals surface area contributed by atoms with Gasteiger partial charge in [0.15, 0.2) is 0 Å². The highest BCUT2D eigenvalue weighted by Gasteiger charge is 2.29. The van der Waals surface area contributed by atoms with E-state index >= 15 is 0 Å². The van der Waals surface area contributed by atoms with Gasteiger partial charge in [-0.2, -0.15) is 0 Å². The van der Waals surface area contributed by atoms with Gasteiger partial charge in [0, 0.05) is 17.6 Å². The monoisotopic (exact) mass is 419 g/mol. The van der Waals surface area contributed by atoms with Crippen LogP contribution in [0.5, 0.6) is 5.75 Å². The highest BCUT2D eigenvalue weighted by atomic mass is 32.2. The molecule has 30 heavy (non-hydrogen) atoms. The molecule has 2 heterocycles. The standard InChI is InChI=1S/C23H21N3O3S/c1-2-29-17-11-9-16(10-12-17)14-25-21(27)15-26-19-7-3-4-8-20(19)30-22-18(23(26)28)6-5-13-24-22/h3-13H,2,14-15H2,1H3,(H,25,27). The quantitative estimate of drug-likeness (QED) is 0.656. The van der Waals surface area contributed by atoms with Gasteiger partial charge in [0.25, 0.3) is 5.91 Å². The molecule has 2 amide bonds. The molecular weight excluding hydrogens is 398 g/mol. The fourth-order valence-corrected chi connectivity index (χ4v) is 4.20. The highest BCUT2D eigenvalue weighted by molar-refractivity contribution is 7.99. The predicted molar refractivity (Wildman–Crippen MR) is 116 cm³/mol. The van der Waals surface area contributed by atoms with Crippen molar-refractivity contribution in [3.63, 3.8) is 0 Å². The lowest BCUT2D eigenvalue weighted by atomic mass is 10.2. The van der Waals surface area contributed by atoms with Crippen LogP contribution in [0.2, 0.25) is 0 Å². The molecular formula is C23H21N3O3S. The van der Waals surface area contributed by atoms with Gasteiger partial charge in [0.05, 0.1) is 17.9 Å². The lowest BCUT2D eigenvalue weighted by molar-refractivity contribution is -0.119. The summed E-state index contributed by atoms with van der Waals surface area (Å²) in [6, 6.07) is 18.6. The maximum atomic E-state index is 13.2. The van der Waals surface area contributed by atoms with Crippen LogP contribution < -0.4 is 15.0 Å². The van der Waals surface area contributed by atoms with Crippen LogP contribution in [0.25, 0.3) is 0 Å². The first-order valence-corrected chi connectivity index (χ1v) is 10.5. The van der Waals surface area contributed by atoms with Crippen molar-refractivity contribution in [2.45, 2.75) is 23.4 Å². The Morgan fingerprint density at radius 1 is 1.10 bits per heavy atom. The third kappa shape index (κ3) is 4.31. The molecule has 0 aliphatic carbocycles. The minimum Gasteiger partial charge on any atom is -0.494 e. The van der Waals surface area contributed by atoms with Crippen LogP contribution in [-0.4, -0.2) is 29.9 Å². The molecule has 6 nitrogen and oxygen atoms in total. The zero-order chi connectivity index (χ0) is 20.9. The second-order valence-electron chi connectivity index (χ2n) is 6.67. The van der Waals surface area contributed by atoms with Gasteiger partial charge in [0.1, 0.15) is 17.3 Å². The van der Waals surface area contributed by atoms with Crippen LogP contribution in [0.15, 0.2) is 76.8 Å². The zero-order valence-corrected chi connectivity index (χ0v) is 17.3. The van der Waals surface area contributed by atoms with Crippen LogP contribution >= 0.6 is 11.8 Å². The second kappa shape index (κ2) is 9.00. The van der Waals surface area contributed by atoms with Crippen LogP contribution in [0.3, 0.4) is 0 Å². The summed E-state index contributed by atoms with van der Waals surface area (Å²) in [5, 5.41) is 3.54. The van der Waals surface area contributed by atoms with E-state index in [0.717, 1.165) is 16.2 Å². The smallest absolute Gasteiger partial charge is 0.261 e. The number of para-hydroxylation sites is 1. The van der Waals surface area contributed by atoms with Crippen molar-refractivity contribution in [3.8, 4) is 5.75 Å². The lowest BCUT2D eigenvalue weighted by Crippen LogP contribution is -2.40. The number of benzene rings is 2. The van der Waals surface area contributed by atoms with Crippen LogP contribution in [0.4, 0.5) is 5.69 Å². The Bertz CT molecular complexity index is 1070. The number of amides is 2. The first kappa shape index (κ1) is 20.0. The van der Waals surface area contributed by atoms with Gasteiger partial charge < -0.3 is 10.1 Å². The van der Waals surface area contributed by atoms with Gasteiger partial charge >= 0.3 is 0 Å². The summed E-state index contributed by atoms with van der Waals surface area (Å²) in [4.78, 5) is 32.6. The number of aromatic nitrogens is 1. The normalized spacial score (nSPS) is 12.6. The topological polar surface area (TPSA) is 71.5 Å². The molecule has 1 aliphatic heterocycles. The first-order valence-electron chi connectivity index (χ1n) is 9.68. The minimum atomic E-state index is -0.232. The van der Waals surface area contributed by atoms with Crippen LogP contribution in [0.1, 0.15) is 22.8 Å². The second-order valence-corrected chi connectivity index (χ2v) is 7.70. The van der Waals surface area contributed by atoms with E-state index in [4.69, 9.17) is 4.74 Å². The Hall–Kier alpha value is -3.32. The minimum absolute atomic E-state index is 0.0677. The molecule has 0 saturated heterocycles. The molecule has 1 N–H and O–H groups in total. The summed E-state index contributed by atoms with van der Waals surface area (Å²) in [6.45, 7) is 2.85. The predicted octanol–water partition coefficient (Wildman–Crippen LogP) is 3.91. The molecule has 1 aromatic heterocycles. The molecule has 152 valence electrons. The number of hydrogen-bond donors (Lipinski definition) is 1. The maximum absolute atomic E-state index is 13.2. The van der Waals surface area contributed by atoms with Gasteiger partial charge in [-0.1, -0.05) is 36.0 Å². The van der Waals surface area contributed by atoms with Crippen molar-refractivity contribution in [3.05, 3.63) is 78.0 Å². The SMILES string of the molecule is CCOc1ccc(CNC(=O)CN2C(=O)c3cccnc3Sc3ccccc32)cc1. The number of hydrogen-bond acceptors (Lipinski definition) is 5. The maximum Gasteiger partial charge on any atom is 0.261 e. The molecule has 0 atom stereocenters. The molecule has 0 saturated carbocycles. The molecule has 2 aromatic carbocycles. The Labute approximate surface area is 179 Å². The van der Waals surface area contributed by atoms with Crippen molar-refractivity contribution in [2.75, 3.05) is 18.1 Å². The number of ether oxygens (including phenoxy) is 1. The third-order valence-corrected chi connectivity index (χ3v) is 5.72. The number of rotatable bonds is 6. The van der Waals surface area contributed by atoms with Gasteiger partial charge in [-0.15, -0.1) is 0 Å². The van der Waals surface area contributed by atoms with Crippen LogP contribution in [-0.2, 0) is 11.3 Å². The Balaban J connectivity index is 1.50. The van der Waals surface area contributed by atoms with E-state index in [-0.39, 0.29) is 18.4 Å². The van der Waals surface area contributed by atoms with E-state index in [1.807, 2.05) is 55.5 Å². The van der Waals surface area contributed by atoms with Gasteiger partial charge in [-0.3, -0.25) is 14.5 Å². The molecule has 0 fully saturated rings. The summed E-state index contributed by atoms with van der Waals surface area (Å²) in [7, 11) is 0. The third-order valence-electron chi connectivity index (χ3n) is 4.64. The van der Waals surface area contributed by atoms with E-state index < -0.39 is 0 Å². The molecule has 7 heteroatoms. The largest absolute Gasteiger partial charge is 0.494 e. The van der Waals surface area contributed by atoms with Crippen molar-refractivity contribution >= 4 is 29.3 Å². The van der Waals surface area contributed by atoms with Gasteiger partial charge in [0.2, 0.25) is 5.91 Å². The number of carbonyl (C=O) groups excluding carboxylic acids is 2. The number of nitrogens with zero attached hydrogens (tertiary/aromatic N) is 2. The van der Waals surface area contributed by atoms with Crippen molar-refractivity contribution in [1.29, 1.82) is 0 Å². The molecule has 0 unspecified atom stereocenters. The van der Waals surface area contributed by atoms with E-state index in [1.54, 1.807) is 18.3 Å². The average Bonchev–Trinajstić information content (AvgIpc) is 2.88. The van der Waals surface area contributed by atoms with Gasteiger partial charge in [-0.05, 0) is 48.9 Å². The molecule has 0 bridgehead atoms. The zero-order valence-electron chi connectivity index (χ0n) is 16.5. The molecule has 1 aliphatic rings.